The maximum Gasteiger partial charge on any atom is 0.250 e. The minimum Gasteiger partial charge on any atom is -0.338 e. The standard InChI is InChI=1S/C14H19Cl2N5O/c1-5-20-8-11(16)12(18-20)9-19(4)13(22)14(2,3)21-7-10(15)6-17-21/h6-8H,5,9H2,1-4H3. The lowest BCUT2D eigenvalue weighted by molar-refractivity contribution is -0.139. The van der Waals surface area contributed by atoms with Crippen molar-refractivity contribution in [1.82, 2.24) is 24.5 Å². The molecule has 0 fully saturated rings. The van der Waals surface area contributed by atoms with Gasteiger partial charge in [0.15, 0.2) is 0 Å². The normalized spacial score (nSPS) is 11.7. The quantitative estimate of drug-likeness (QED) is 0.838. The van der Waals surface area contributed by atoms with Crippen molar-refractivity contribution in [1.29, 1.82) is 0 Å². The summed E-state index contributed by atoms with van der Waals surface area (Å²) >= 11 is 12.0. The second-order valence-electron chi connectivity index (χ2n) is 5.60. The molecular weight excluding hydrogens is 325 g/mol. The number of rotatable bonds is 5. The van der Waals surface area contributed by atoms with E-state index in [4.69, 9.17) is 23.2 Å². The van der Waals surface area contributed by atoms with Gasteiger partial charge in [0.1, 0.15) is 11.2 Å². The Balaban J connectivity index is 2.16. The van der Waals surface area contributed by atoms with Crippen LogP contribution in [0.5, 0.6) is 0 Å². The number of amides is 1. The molecule has 0 saturated carbocycles. The van der Waals surface area contributed by atoms with Gasteiger partial charge in [-0.05, 0) is 20.8 Å². The minimum absolute atomic E-state index is 0.102. The lowest BCUT2D eigenvalue weighted by Crippen LogP contribution is -2.45. The fourth-order valence-electron chi connectivity index (χ4n) is 2.17. The third kappa shape index (κ3) is 3.28. The van der Waals surface area contributed by atoms with Gasteiger partial charge in [-0.3, -0.25) is 14.2 Å². The highest BCUT2D eigenvalue weighted by atomic mass is 35.5. The number of likely N-dealkylation sites (N-methyl/N-ethyl adjacent to an activating group) is 1. The van der Waals surface area contributed by atoms with E-state index < -0.39 is 5.54 Å². The fourth-order valence-corrected chi connectivity index (χ4v) is 2.52. The number of hydrogen-bond donors (Lipinski definition) is 0. The van der Waals surface area contributed by atoms with Crippen LogP contribution >= 0.6 is 23.2 Å². The monoisotopic (exact) mass is 343 g/mol. The van der Waals surface area contributed by atoms with Gasteiger partial charge in [0, 0.05) is 26.0 Å². The number of hydrogen-bond acceptors (Lipinski definition) is 3. The summed E-state index contributed by atoms with van der Waals surface area (Å²) in [5.74, 6) is -0.102. The van der Waals surface area contributed by atoms with E-state index in [2.05, 4.69) is 10.2 Å². The van der Waals surface area contributed by atoms with Crippen LogP contribution < -0.4 is 0 Å². The highest BCUT2D eigenvalue weighted by Crippen LogP contribution is 2.22. The van der Waals surface area contributed by atoms with Crippen molar-refractivity contribution in [2.45, 2.75) is 39.4 Å². The van der Waals surface area contributed by atoms with Crippen LogP contribution in [0.15, 0.2) is 18.6 Å². The van der Waals surface area contributed by atoms with E-state index >= 15 is 0 Å². The van der Waals surface area contributed by atoms with Crippen LogP contribution in [-0.4, -0.2) is 37.4 Å². The molecule has 0 aliphatic heterocycles. The molecule has 1 amide bonds. The lowest BCUT2D eigenvalue weighted by atomic mass is 10.0. The van der Waals surface area contributed by atoms with Crippen LogP contribution in [0.25, 0.3) is 0 Å². The number of halogens is 2. The molecule has 2 heterocycles. The van der Waals surface area contributed by atoms with Crippen LogP contribution in [0.4, 0.5) is 0 Å². The molecule has 6 nitrogen and oxygen atoms in total. The molecule has 0 saturated heterocycles. The Kier molecular flexibility index (Phi) is 4.82. The first kappa shape index (κ1) is 16.8. The topological polar surface area (TPSA) is 56.0 Å². The lowest BCUT2D eigenvalue weighted by Gasteiger charge is -2.29. The second-order valence-corrected chi connectivity index (χ2v) is 6.45. The van der Waals surface area contributed by atoms with Crippen molar-refractivity contribution in [3.63, 3.8) is 0 Å². The van der Waals surface area contributed by atoms with Crippen molar-refractivity contribution in [2.24, 2.45) is 0 Å². The summed E-state index contributed by atoms with van der Waals surface area (Å²) in [7, 11) is 1.72. The molecule has 2 rings (SSSR count). The number of aromatic nitrogens is 4. The number of carbonyl (C=O) groups is 1. The summed E-state index contributed by atoms with van der Waals surface area (Å²) in [5, 5.41) is 9.53. The first-order valence-corrected chi connectivity index (χ1v) is 7.69. The van der Waals surface area contributed by atoms with Crippen molar-refractivity contribution < 1.29 is 4.79 Å². The zero-order valence-corrected chi connectivity index (χ0v) is 14.6. The zero-order valence-electron chi connectivity index (χ0n) is 13.0. The maximum absolute atomic E-state index is 12.7. The van der Waals surface area contributed by atoms with Crippen LogP contribution in [0.1, 0.15) is 26.5 Å². The molecule has 0 radical (unpaired) electrons. The number of carbonyl (C=O) groups excluding carboxylic acids is 1. The Morgan fingerprint density at radius 1 is 1.36 bits per heavy atom. The van der Waals surface area contributed by atoms with E-state index in [1.54, 1.807) is 47.6 Å². The fraction of sp³-hybridized carbons (Fsp3) is 0.500. The van der Waals surface area contributed by atoms with E-state index in [-0.39, 0.29) is 5.91 Å². The molecule has 2 aromatic rings. The third-order valence-corrected chi connectivity index (χ3v) is 4.00. The summed E-state index contributed by atoms with van der Waals surface area (Å²) in [6.45, 7) is 6.63. The molecule has 8 heteroatoms. The van der Waals surface area contributed by atoms with Gasteiger partial charge >= 0.3 is 0 Å². The number of aryl methyl sites for hydroxylation is 1. The molecule has 0 aliphatic carbocycles. The number of nitrogens with zero attached hydrogens (tertiary/aromatic N) is 5. The van der Waals surface area contributed by atoms with Crippen LogP contribution in [0.3, 0.4) is 0 Å². The van der Waals surface area contributed by atoms with Crippen LogP contribution in [0.2, 0.25) is 10.0 Å². The molecule has 120 valence electrons. The highest BCUT2D eigenvalue weighted by molar-refractivity contribution is 6.31. The van der Waals surface area contributed by atoms with E-state index in [0.717, 1.165) is 6.54 Å². The van der Waals surface area contributed by atoms with Crippen molar-refractivity contribution >= 4 is 29.1 Å². The smallest absolute Gasteiger partial charge is 0.250 e. The van der Waals surface area contributed by atoms with Crippen molar-refractivity contribution in [2.75, 3.05) is 7.05 Å². The van der Waals surface area contributed by atoms with Gasteiger partial charge in [-0.1, -0.05) is 23.2 Å². The first-order chi connectivity index (χ1) is 10.3. The first-order valence-electron chi connectivity index (χ1n) is 6.93. The van der Waals surface area contributed by atoms with Gasteiger partial charge in [-0.15, -0.1) is 0 Å². The predicted octanol–water partition coefficient (Wildman–Crippen LogP) is 2.80. The van der Waals surface area contributed by atoms with Crippen molar-refractivity contribution in [3.8, 4) is 0 Å². The Hall–Kier alpha value is -1.53. The van der Waals surface area contributed by atoms with Crippen molar-refractivity contribution in [3.05, 3.63) is 34.3 Å². The Morgan fingerprint density at radius 2 is 2.05 bits per heavy atom. The SMILES string of the molecule is CCn1cc(Cl)c(CN(C)C(=O)C(C)(C)n2cc(Cl)cn2)n1. The van der Waals surface area contributed by atoms with E-state index in [0.29, 0.717) is 22.3 Å². The maximum atomic E-state index is 12.7. The van der Waals surface area contributed by atoms with Gasteiger partial charge < -0.3 is 4.90 Å². The van der Waals surface area contributed by atoms with E-state index in [1.807, 2.05) is 6.92 Å². The second kappa shape index (κ2) is 6.30. The predicted molar refractivity (Wildman–Crippen MR) is 85.9 cm³/mol. The summed E-state index contributed by atoms with van der Waals surface area (Å²) in [6, 6.07) is 0. The summed E-state index contributed by atoms with van der Waals surface area (Å²) in [4.78, 5) is 14.3. The Labute approximate surface area is 139 Å². The van der Waals surface area contributed by atoms with Crippen LogP contribution in [0, 0.1) is 0 Å². The summed E-state index contributed by atoms with van der Waals surface area (Å²) < 4.78 is 3.30. The average molecular weight is 344 g/mol. The van der Waals surface area contributed by atoms with E-state index in [9.17, 15) is 4.79 Å². The molecule has 0 spiro atoms. The molecule has 0 aromatic carbocycles. The van der Waals surface area contributed by atoms with Gasteiger partial charge in [0.25, 0.3) is 0 Å². The Morgan fingerprint density at radius 3 is 2.55 bits per heavy atom. The molecule has 0 atom stereocenters. The van der Waals surface area contributed by atoms with Gasteiger partial charge in [-0.25, -0.2) is 0 Å². The third-order valence-electron chi connectivity index (χ3n) is 3.49. The highest BCUT2D eigenvalue weighted by Gasteiger charge is 2.33. The van der Waals surface area contributed by atoms with E-state index in [1.165, 1.54) is 6.20 Å². The largest absolute Gasteiger partial charge is 0.338 e. The molecule has 0 bridgehead atoms. The Bertz CT molecular complexity index is 677. The molecule has 0 aliphatic rings. The minimum atomic E-state index is -0.846. The zero-order chi connectivity index (χ0) is 16.5. The summed E-state index contributed by atoms with van der Waals surface area (Å²) in [6.07, 6.45) is 4.90. The van der Waals surface area contributed by atoms with Gasteiger partial charge in [0.05, 0.1) is 22.8 Å². The summed E-state index contributed by atoms with van der Waals surface area (Å²) in [5.41, 5.74) is -0.171. The molecular formula is C14H19Cl2N5O. The van der Waals surface area contributed by atoms with Gasteiger partial charge in [0.2, 0.25) is 5.91 Å². The molecule has 0 unspecified atom stereocenters. The molecule has 22 heavy (non-hydrogen) atoms. The average Bonchev–Trinajstić information content (AvgIpc) is 3.05. The van der Waals surface area contributed by atoms with Gasteiger partial charge in [-0.2, -0.15) is 10.2 Å². The van der Waals surface area contributed by atoms with Crippen LogP contribution in [-0.2, 0) is 23.4 Å². The molecule has 2 aromatic heterocycles. The molecule has 0 N–H and O–H groups in total.